The molecule has 7 nitrogen and oxygen atoms in total. The van der Waals surface area contributed by atoms with Gasteiger partial charge >= 0.3 is 0 Å². The molecule has 2 aliphatic heterocycles. The van der Waals surface area contributed by atoms with Gasteiger partial charge in [0.05, 0.1) is 12.1 Å². The standard InChI is InChI=1S/C28H27N5O2S/c1-4-9-19-10-5-8-13-24(19)35-15-14-32-17-20(21-11-6-7-12-23(21)32)16-22-25(29)33-28(30-26(22)34)36-27(31-33)18(2)3/h4-8,10-13,16-18,29H,1,9,14-15H2,2-3H3/b22-16+,29-25?. The van der Waals surface area contributed by atoms with Crippen LogP contribution < -0.4 is 4.74 Å². The summed E-state index contributed by atoms with van der Waals surface area (Å²) in [7, 11) is 0. The zero-order chi connectivity index (χ0) is 25.2. The number of benzene rings is 2. The maximum absolute atomic E-state index is 12.9. The van der Waals surface area contributed by atoms with E-state index in [1.54, 1.807) is 6.08 Å². The summed E-state index contributed by atoms with van der Waals surface area (Å²) in [4.78, 5) is 17.1. The van der Waals surface area contributed by atoms with Crippen molar-refractivity contribution in [2.24, 2.45) is 16.0 Å². The van der Waals surface area contributed by atoms with Gasteiger partial charge in [-0.1, -0.05) is 56.3 Å². The van der Waals surface area contributed by atoms with E-state index in [4.69, 9.17) is 10.1 Å². The highest BCUT2D eigenvalue weighted by Gasteiger charge is 2.36. The van der Waals surface area contributed by atoms with Crippen molar-refractivity contribution in [3.63, 3.8) is 0 Å². The summed E-state index contributed by atoms with van der Waals surface area (Å²) in [6.07, 6.45) is 6.37. The second-order valence-corrected chi connectivity index (χ2v) is 9.84. The molecule has 0 fully saturated rings. The number of carbonyl (C=O) groups is 1. The number of thioether (sulfide) groups is 1. The van der Waals surface area contributed by atoms with Crippen LogP contribution in [0.1, 0.15) is 25.0 Å². The fraction of sp³-hybridized carbons (Fsp3) is 0.214. The van der Waals surface area contributed by atoms with E-state index in [0.29, 0.717) is 18.3 Å². The van der Waals surface area contributed by atoms with Gasteiger partial charge in [0.15, 0.2) is 5.84 Å². The van der Waals surface area contributed by atoms with Gasteiger partial charge in [-0.25, -0.2) is 0 Å². The number of rotatable bonds is 8. The zero-order valence-electron chi connectivity index (χ0n) is 20.3. The molecular weight excluding hydrogens is 470 g/mol. The summed E-state index contributed by atoms with van der Waals surface area (Å²) in [6.45, 7) is 9.01. The Morgan fingerprint density at radius 2 is 1.94 bits per heavy atom. The molecule has 0 atom stereocenters. The summed E-state index contributed by atoms with van der Waals surface area (Å²) >= 11 is 1.35. The number of nitrogens with zero attached hydrogens (tertiary/aromatic N) is 4. The minimum Gasteiger partial charge on any atom is -0.491 e. The van der Waals surface area contributed by atoms with Crippen LogP contribution in [0.15, 0.2) is 83.0 Å². The van der Waals surface area contributed by atoms with Crippen molar-refractivity contribution in [3.8, 4) is 5.75 Å². The normalized spacial score (nSPS) is 16.5. The second kappa shape index (κ2) is 9.99. The van der Waals surface area contributed by atoms with Crippen LogP contribution in [0, 0.1) is 11.3 Å². The number of para-hydroxylation sites is 2. The van der Waals surface area contributed by atoms with E-state index < -0.39 is 5.91 Å². The van der Waals surface area contributed by atoms with Crippen LogP contribution in [0.5, 0.6) is 5.75 Å². The van der Waals surface area contributed by atoms with Gasteiger partial charge < -0.3 is 9.30 Å². The minimum atomic E-state index is -0.419. The average molecular weight is 498 g/mol. The van der Waals surface area contributed by atoms with E-state index in [2.05, 4.69) is 21.2 Å². The zero-order valence-corrected chi connectivity index (χ0v) is 21.1. The van der Waals surface area contributed by atoms with Crippen molar-refractivity contribution >= 4 is 50.7 Å². The monoisotopic (exact) mass is 497 g/mol. The van der Waals surface area contributed by atoms with Crippen LogP contribution in [-0.2, 0) is 17.8 Å². The number of hydrazone groups is 1. The van der Waals surface area contributed by atoms with E-state index in [9.17, 15) is 4.79 Å². The van der Waals surface area contributed by atoms with Crippen molar-refractivity contribution in [2.45, 2.75) is 26.8 Å². The van der Waals surface area contributed by atoms with Gasteiger partial charge in [0.25, 0.3) is 5.91 Å². The molecule has 0 saturated heterocycles. The molecule has 0 spiro atoms. The number of nitrogens with one attached hydrogen (secondary N) is 1. The SMILES string of the molecule is C=CCc1ccccc1OCCn1cc(/C=C2\C(=N)N3N=C(C(C)C)SC3=NC2=O)c2ccccc21. The first-order chi connectivity index (χ1) is 17.5. The molecule has 8 heteroatoms. The number of amidine groups is 2. The lowest BCUT2D eigenvalue weighted by atomic mass is 10.1. The highest BCUT2D eigenvalue weighted by molar-refractivity contribution is 8.27. The Bertz CT molecular complexity index is 1460. The topological polar surface area (TPSA) is 83.0 Å². The fourth-order valence-corrected chi connectivity index (χ4v) is 5.09. The lowest BCUT2D eigenvalue weighted by molar-refractivity contribution is -0.114. The first-order valence-electron chi connectivity index (χ1n) is 11.9. The van der Waals surface area contributed by atoms with Crippen LogP contribution in [0.25, 0.3) is 17.0 Å². The molecule has 0 saturated carbocycles. The predicted octanol–water partition coefficient (Wildman–Crippen LogP) is 5.72. The van der Waals surface area contributed by atoms with Crippen LogP contribution >= 0.6 is 11.8 Å². The van der Waals surface area contributed by atoms with Gasteiger partial charge in [0, 0.05) is 28.6 Å². The average Bonchev–Trinajstić information content (AvgIpc) is 3.45. The van der Waals surface area contributed by atoms with Crippen LogP contribution in [0.2, 0.25) is 0 Å². The third-order valence-electron chi connectivity index (χ3n) is 6.01. The molecule has 0 aliphatic carbocycles. The molecule has 3 aromatic rings. The molecule has 182 valence electrons. The second-order valence-electron chi connectivity index (χ2n) is 8.86. The quantitative estimate of drug-likeness (QED) is 0.319. The van der Waals surface area contributed by atoms with Crippen molar-refractivity contribution in [1.82, 2.24) is 9.58 Å². The Kier molecular flexibility index (Phi) is 6.61. The van der Waals surface area contributed by atoms with E-state index in [1.807, 2.05) is 74.7 Å². The van der Waals surface area contributed by atoms with E-state index in [1.165, 1.54) is 16.8 Å². The third kappa shape index (κ3) is 4.52. The molecule has 2 aliphatic rings. The number of aromatic nitrogens is 1. The lowest BCUT2D eigenvalue weighted by Crippen LogP contribution is -2.35. The Morgan fingerprint density at radius 3 is 2.75 bits per heavy atom. The molecule has 3 heterocycles. The Balaban J connectivity index is 1.41. The number of aliphatic imine (C=N–C) groups is 1. The Hall–Kier alpha value is -3.91. The van der Waals surface area contributed by atoms with Gasteiger partial charge in [-0.2, -0.15) is 15.1 Å². The van der Waals surface area contributed by atoms with Crippen LogP contribution in [-0.4, -0.2) is 38.1 Å². The molecule has 5 rings (SSSR count). The van der Waals surface area contributed by atoms with Gasteiger partial charge in [0.2, 0.25) is 5.17 Å². The molecule has 36 heavy (non-hydrogen) atoms. The first-order valence-corrected chi connectivity index (χ1v) is 12.7. The molecule has 0 radical (unpaired) electrons. The molecular formula is C28H27N5O2S. The van der Waals surface area contributed by atoms with Gasteiger partial charge in [-0.3, -0.25) is 10.2 Å². The van der Waals surface area contributed by atoms with Crippen molar-refractivity contribution in [2.75, 3.05) is 6.61 Å². The first kappa shape index (κ1) is 23.8. The van der Waals surface area contributed by atoms with Gasteiger partial charge in [-0.15, -0.1) is 6.58 Å². The number of amides is 1. The summed E-state index contributed by atoms with van der Waals surface area (Å²) in [5.41, 5.74) is 3.21. The smallest absolute Gasteiger partial charge is 0.283 e. The molecule has 0 unspecified atom stereocenters. The Labute approximate surface area is 214 Å². The molecule has 2 aromatic carbocycles. The Morgan fingerprint density at radius 1 is 1.17 bits per heavy atom. The highest BCUT2D eigenvalue weighted by atomic mass is 32.2. The van der Waals surface area contributed by atoms with Crippen molar-refractivity contribution < 1.29 is 9.53 Å². The molecule has 0 bridgehead atoms. The van der Waals surface area contributed by atoms with Crippen LogP contribution in [0.4, 0.5) is 0 Å². The maximum Gasteiger partial charge on any atom is 0.283 e. The highest BCUT2D eigenvalue weighted by Crippen LogP contribution is 2.32. The number of allylic oxidation sites excluding steroid dienone is 1. The maximum atomic E-state index is 12.9. The number of hydrogen-bond acceptors (Lipinski definition) is 5. The van der Waals surface area contributed by atoms with E-state index >= 15 is 0 Å². The summed E-state index contributed by atoms with van der Waals surface area (Å²) in [5.74, 6) is 0.684. The largest absolute Gasteiger partial charge is 0.491 e. The molecule has 1 aromatic heterocycles. The third-order valence-corrected chi connectivity index (χ3v) is 7.22. The predicted molar refractivity (Wildman–Crippen MR) is 148 cm³/mol. The van der Waals surface area contributed by atoms with Gasteiger partial charge in [-0.05, 0) is 42.0 Å². The number of fused-ring (bicyclic) bond motifs is 2. The summed E-state index contributed by atoms with van der Waals surface area (Å²) in [6, 6.07) is 16.0. The van der Waals surface area contributed by atoms with E-state index in [-0.39, 0.29) is 17.3 Å². The lowest BCUT2D eigenvalue weighted by Gasteiger charge is -2.20. The molecule has 1 N–H and O–H groups in total. The van der Waals surface area contributed by atoms with Crippen molar-refractivity contribution in [1.29, 1.82) is 5.41 Å². The van der Waals surface area contributed by atoms with Crippen molar-refractivity contribution in [3.05, 3.63) is 84.1 Å². The van der Waals surface area contributed by atoms with Gasteiger partial charge in [0.1, 0.15) is 17.4 Å². The van der Waals surface area contributed by atoms with Crippen LogP contribution in [0.3, 0.4) is 0 Å². The number of carbonyl (C=O) groups excluding carboxylic acids is 1. The number of ether oxygens (including phenoxy) is 1. The fourth-order valence-electron chi connectivity index (χ4n) is 4.19. The molecule has 1 amide bonds. The summed E-state index contributed by atoms with van der Waals surface area (Å²) in [5, 5.41) is 16.9. The summed E-state index contributed by atoms with van der Waals surface area (Å²) < 4.78 is 8.21. The van der Waals surface area contributed by atoms with E-state index in [0.717, 1.165) is 39.2 Å². The minimum absolute atomic E-state index is 0.0483. The number of hydrogen-bond donors (Lipinski definition) is 1.